The highest BCUT2D eigenvalue weighted by Gasteiger charge is 2.12. The maximum Gasteiger partial charge on any atom is 0.0730 e. The molecule has 0 bridgehead atoms. The number of benzene rings is 2. The molecule has 0 N–H and O–H groups in total. The molecule has 0 aliphatic heterocycles. The zero-order chi connectivity index (χ0) is 17.9. The summed E-state index contributed by atoms with van der Waals surface area (Å²) in [5, 5.41) is 1.33. The minimum atomic E-state index is 0.664. The van der Waals surface area contributed by atoms with Crippen molar-refractivity contribution in [3.05, 3.63) is 95.2 Å². The van der Waals surface area contributed by atoms with Gasteiger partial charge in [-0.25, -0.2) is 4.98 Å². The Bertz CT molecular complexity index is 999. The molecule has 0 aliphatic rings. The van der Waals surface area contributed by atoms with Crippen LogP contribution in [0.15, 0.2) is 85.2 Å². The molecule has 0 radical (unpaired) electrons. The fourth-order valence-electron chi connectivity index (χ4n) is 2.86. The summed E-state index contributed by atoms with van der Waals surface area (Å²) < 4.78 is 0. The number of hydrogen-bond acceptors (Lipinski definition) is 2. The van der Waals surface area contributed by atoms with E-state index < -0.39 is 0 Å². The third kappa shape index (κ3) is 3.34. The van der Waals surface area contributed by atoms with Crippen LogP contribution in [0, 0.1) is 0 Å². The number of pyridine rings is 2. The first-order chi connectivity index (χ1) is 12.7. The number of rotatable bonds is 3. The van der Waals surface area contributed by atoms with Crippen molar-refractivity contribution in [3.63, 3.8) is 0 Å². The summed E-state index contributed by atoms with van der Waals surface area (Å²) in [5.41, 5.74) is 5.48. The van der Waals surface area contributed by atoms with Crippen molar-refractivity contribution in [1.82, 2.24) is 9.97 Å². The van der Waals surface area contributed by atoms with E-state index in [-0.39, 0.29) is 0 Å². The topological polar surface area (TPSA) is 25.8 Å². The molecule has 4 rings (SSSR count). The monoisotopic (exact) mass is 376 g/mol. The van der Waals surface area contributed by atoms with E-state index >= 15 is 0 Å². The third-order valence-corrected chi connectivity index (χ3v) is 4.80. The maximum atomic E-state index is 6.41. The van der Waals surface area contributed by atoms with Crippen LogP contribution in [0.3, 0.4) is 0 Å². The summed E-state index contributed by atoms with van der Waals surface area (Å²) in [5.74, 6) is 0. The minimum absolute atomic E-state index is 0.664. The molecule has 26 heavy (non-hydrogen) atoms. The van der Waals surface area contributed by atoms with Gasteiger partial charge in [-0.15, -0.1) is 0 Å². The molecule has 2 nitrogen and oxygen atoms in total. The molecule has 0 fully saturated rings. The number of aromatic nitrogens is 2. The van der Waals surface area contributed by atoms with E-state index in [2.05, 4.69) is 4.98 Å². The number of hydrogen-bond donors (Lipinski definition) is 0. The van der Waals surface area contributed by atoms with Gasteiger partial charge in [0.2, 0.25) is 0 Å². The van der Waals surface area contributed by atoms with Gasteiger partial charge in [0, 0.05) is 33.6 Å². The van der Waals surface area contributed by atoms with Crippen LogP contribution in [0.25, 0.3) is 33.6 Å². The quantitative estimate of drug-likeness (QED) is 0.393. The lowest BCUT2D eigenvalue weighted by atomic mass is 10.0. The minimum Gasteiger partial charge on any atom is -0.265 e. The Balaban J connectivity index is 1.97. The highest BCUT2D eigenvalue weighted by molar-refractivity contribution is 6.33. The Labute approximate surface area is 162 Å². The molecular weight excluding hydrogens is 363 g/mol. The van der Waals surface area contributed by atoms with Crippen molar-refractivity contribution >= 4 is 23.2 Å². The molecule has 0 spiro atoms. The van der Waals surface area contributed by atoms with Gasteiger partial charge in [-0.2, -0.15) is 0 Å². The molecular formula is C22H14Cl2N2. The molecule has 0 aliphatic carbocycles. The molecule has 0 atom stereocenters. The van der Waals surface area contributed by atoms with Crippen molar-refractivity contribution < 1.29 is 0 Å². The van der Waals surface area contributed by atoms with Gasteiger partial charge >= 0.3 is 0 Å². The molecule has 2 aromatic carbocycles. The summed E-state index contributed by atoms with van der Waals surface area (Å²) in [7, 11) is 0. The van der Waals surface area contributed by atoms with E-state index in [4.69, 9.17) is 28.2 Å². The van der Waals surface area contributed by atoms with E-state index in [0.717, 1.165) is 33.6 Å². The molecule has 0 saturated carbocycles. The van der Waals surface area contributed by atoms with Gasteiger partial charge in [0.15, 0.2) is 0 Å². The maximum absolute atomic E-state index is 6.41. The second-order valence-electron chi connectivity index (χ2n) is 5.82. The fourth-order valence-corrected chi connectivity index (χ4v) is 3.32. The Kier molecular flexibility index (Phi) is 4.70. The molecule has 126 valence electrons. The normalized spacial score (nSPS) is 10.7. The van der Waals surface area contributed by atoms with Gasteiger partial charge in [-0.3, -0.25) is 4.98 Å². The van der Waals surface area contributed by atoms with Gasteiger partial charge in [-0.05, 0) is 47.5 Å². The van der Waals surface area contributed by atoms with Crippen LogP contribution >= 0.6 is 23.2 Å². The second kappa shape index (κ2) is 7.28. The van der Waals surface area contributed by atoms with Crippen LogP contribution in [-0.4, -0.2) is 9.97 Å². The van der Waals surface area contributed by atoms with Crippen LogP contribution in [0.1, 0.15) is 0 Å². The van der Waals surface area contributed by atoms with Crippen LogP contribution in [0.2, 0.25) is 10.0 Å². The standard InChI is InChI=1S/C22H14Cl2N2/c23-19-7-3-1-5-17(19)21-13-16(15-9-11-25-12-10-15)14-22(26-21)18-6-2-4-8-20(18)24/h1-14H. The average molecular weight is 377 g/mol. The van der Waals surface area contributed by atoms with Crippen molar-refractivity contribution in [1.29, 1.82) is 0 Å². The molecule has 0 unspecified atom stereocenters. The first kappa shape index (κ1) is 16.8. The summed E-state index contributed by atoms with van der Waals surface area (Å²) in [6, 6.07) is 23.4. The predicted octanol–water partition coefficient (Wildman–Crippen LogP) is 6.78. The van der Waals surface area contributed by atoms with E-state index in [1.807, 2.05) is 72.8 Å². The van der Waals surface area contributed by atoms with Crippen LogP contribution in [-0.2, 0) is 0 Å². The van der Waals surface area contributed by atoms with E-state index in [9.17, 15) is 0 Å². The van der Waals surface area contributed by atoms with Gasteiger partial charge in [0.25, 0.3) is 0 Å². The lowest BCUT2D eigenvalue weighted by Gasteiger charge is -2.12. The fraction of sp³-hybridized carbons (Fsp3) is 0. The third-order valence-electron chi connectivity index (χ3n) is 4.14. The smallest absolute Gasteiger partial charge is 0.0730 e. The van der Waals surface area contributed by atoms with Crippen molar-refractivity contribution in [2.24, 2.45) is 0 Å². The highest BCUT2D eigenvalue weighted by Crippen LogP contribution is 2.34. The summed E-state index contributed by atoms with van der Waals surface area (Å²) in [6.45, 7) is 0. The lowest BCUT2D eigenvalue weighted by molar-refractivity contribution is 1.31. The van der Waals surface area contributed by atoms with Crippen molar-refractivity contribution in [3.8, 4) is 33.6 Å². The SMILES string of the molecule is Clc1ccccc1-c1cc(-c2ccncc2)cc(-c2ccccc2Cl)n1. The molecule has 4 aromatic rings. The largest absolute Gasteiger partial charge is 0.265 e. The van der Waals surface area contributed by atoms with Gasteiger partial charge in [-0.1, -0.05) is 59.6 Å². The highest BCUT2D eigenvalue weighted by atomic mass is 35.5. The molecule has 4 heteroatoms. The average Bonchev–Trinajstić information content (AvgIpc) is 2.69. The summed E-state index contributed by atoms with van der Waals surface area (Å²) in [6.07, 6.45) is 3.56. The van der Waals surface area contributed by atoms with Gasteiger partial charge in [0.05, 0.1) is 11.4 Å². The summed E-state index contributed by atoms with van der Waals surface area (Å²) in [4.78, 5) is 8.94. The zero-order valence-corrected chi connectivity index (χ0v) is 15.2. The van der Waals surface area contributed by atoms with Gasteiger partial charge in [0.1, 0.15) is 0 Å². The molecule has 2 aromatic heterocycles. The Morgan fingerprint density at radius 3 is 1.58 bits per heavy atom. The van der Waals surface area contributed by atoms with E-state index in [1.165, 1.54) is 0 Å². The Morgan fingerprint density at radius 1 is 0.577 bits per heavy atom. The molecule has 2 heterocycles. The van der Waals surface area contributed by atoms with Crippen molar-refractivity contribution in [2.75, 3.05) is 0 Å². The van der Waals surface area contributed by atoms with E-state index in [1.54, 1.807) is 12.4 Å². The van der Waals surface area contributed by atoms with Crippen molar-refractivity contribution in [2.45, 2.75) is 0 Å². The molecule has 0 amide bonds. The van der Waals surface area contributed by atoms with Crippen LogP contribution < -0.4 is 0 Å². The van der Waals surface area contributed by atoms with Gasteiger partial charge < -0.3 is 0 Å². The lowest BCUT2D eigenvalue weighted by Crippen LogP contribution is -1.92. The first-order valence-corrected chi connectivity index (χ1v) is 8.90. The number of nitrogens with zero attached hydrogens (tertiary/aromatic N) is 2. The Hall–Kier alpha value is -2.68. The summed E-state index contributed by atoms with van der Waals surface area (Å²) >= 11 is 12.8. The molecule has 0 saturated heterocycles. The van der Waals surface area contributed by atoms with Crippen LogP contribution in [0.5, 0.6) is 0 Å². The second-order valence-corrected chi connectivity index (χ2v) is 6.64. The Morgan fingerprint density at radius 2 is 1.08 bits per heavy atom. The van der Waals surface area contributed by atoms with Crippen LogP contribution in [0.4, 0.5) is 0 Å². The predicted molar refractivity (Wildman–Crippen MR) is 108 cm³/mol. The zero-order valence-electron chi connectivity index (χ0n) is 13.7. The van der Waals surface area contributed by atoms with E-state index in [0.29, 0.717) is 10.0 Å². The first-order valence-electron chi connectivity index (χ1n) is 8.14. The number of halogens is 2.